The number of nitrogens with one attached hydrogen (secondary N) is 3. The number of amides is 3. The van der Waals surface area contributed by atoms with Crippen LogP contribution in [0.5, 0.6) is 0 Å². The largest absolute Gasteiger partial charge is 0.388 e. The molecule has 2 aromatic rings. The van der Waals surface area contributed by atoms with Gasteiger partial charge in [0, 0.05) is 81.8 Å². The molecule has 218 valence electrons. The number of imide groups is 1. The number of carbonyl (C=O) groups is 3. The number of nitrogens with two attached hydrogens (primary N) is 1. The summed E-state index contributed by atoms with van der Waals surface area (Å²) < 4.78 is 14.6. The zero-order chi connectivity index (χ0) is 29.1. The zero-order valence-corrected chi connectivity index (χ0v) is 23.4. The summed E-state index contributed by atoms with van der Waals surface area (Å²) >= 11 is 0. The minimum atomic E-state index is -0.626. The van der Waals surface area contributed by atoms with E-state index in [4.69, 9.17) is 11.1 Å². The van der Waals surface area contributed by atoms with Crippen molar-refractivity contribution in [3.63, 3.8) is 0 Å². The normalized spacial score (nSPS) is 20.6. The second-order valence-electron chi connectivity index (χ2n) is 11.1. The van der Waals surface area contributed by atoms with Gasteiger partial charge in [0.1, 0.15) is 5.82 Å². The predicted molar refractivity (Wildman–Crippen MR) is 157 cm³/mol. The molecule has 3 aliphatic rings. The first kappa shape index (κ1) is 28.5. The highest BCUT2D eigenvalue weighted by Gasteiger charge is 2.32. The third-order valence-electron chi connectivity index (χ3n) is 8.59. The number of hydrogen-bond donors (Lipinski definition) is 4. The number of carbonyl (C=O) groups excluding carboxylic acids is 3. The number of piperazine rings is 1. The summed E-state index contributed by atoms with van der Waals surface area (Å²) in [6.45, 7) is 6.27. The number of nitrogens with zero attached hydrogens (tertiary/aromatic N) is 3. The Kier molecular flexibility index (Phi) is 8.53. The van der Waals surface area contributed by atoms with Crippen molar-refractivity contribution in [1.82, 2.24) is 10.2 Å². The van der Waals surface area contributed by atoms with Gasteiger partial charge in [-0.05, 0) is 61.6 Å². The topological polar surface area (TPSA) is 135 Å². The minimum absolute atomic E-state index is 0.185. The van der Waals surface area contributed by atoms with Crippen LogP contribution in [0.4, 0.5) is 21.5 Å². The third kappa shape index (κ3) is 6.35. The Morgan fingerprint density at radius 2 is 1.76 bits per heavy atom. The molecule has 0 aliphatic carbocycles. The first-order chi connectivity index (χ1) is 19.7. The van der Waals surface area contributed by atoms with Crippen molar-refractivity contribution in [1.29, 1.82) is 5.41 Å². The second kappa shape index (κ2) is 12.3. The van der Waals surface area contributed by atoms with Gasteiger partial charge < -0.3 is 26.3 Å². The van der Waals surface area contributed by atoms with Gasteiger partial charge in [-0.2, -0.15) is 0 Å². The van der Waals surface area contributed by atoms with E-state index >= 15 is 0 Å². The van der Waals surface area contributed by atoms with E-state index in [-0.39, 0.29) is 23.6 Å². The van der Waals surface area contributed by atoms with Crippen molar-refractivity contribution < 1.29 is 18.8 Å². The molecule has 3 fully saturated rings. The Labute approximate surface area is 239 Å². The van der Waals surface area contributed by atoms with Crippen LogP contribution < -0.4 is 26.2 Å². The quantitative estimate of drug-likeness (QED) is 0.286. The van der Waals surface area contributed by atoms with Crippen LogP contribution in [-0.2, 0) is 9.59 Å². The van der Waals surface area contributed by atoms with Gasteiger partial charge in [-0.3, -0.25) is 24.6 Å². The number of hydrogen-bond acceptors (Lipinski definition) is 8. The smallest absolute Gasteiger partial charge is 0.248 e. The van der Waals surface area contributed by atoms with Crippen molar-refractivity contribution in [2.75, 3.05) is 68.0 Å². The SMILES string of the molecule is CNc1cc(N2CCN(CC3CCN(c4ccc(C(N)=O)cc4F)CC3)CC2)ccc1C(=N)C1CCC(=O)NC1=O. The summed E-state index contributed by atoms with van der Waals surface area (Å²) in [6, 6.07) is 10.4. The fourth-order valence-corrected chi connectivity index (χ4v) is 6.15. The number of primary amides is 1. The third-order valence-corrected chi connectivity index (χ3v) is 8.59. The lowest BCUT2D eigenvalue weighted by molar-refractivity contribution is -0.134. The maximum atomic E-state index is 14.6. The van der Waals surface area contributed by atoms with Crippen molar-refractivity contribution in [3.8, 4) is 0 Å². The fourth-order valence-electron chi connectivity index (χ4n) is 6.15. The van der Waals surface area contributed by atoms with Crippen LogP contribution >= 0.6 is 0 Å². The molecule has 3 amide bonds. The van der Waals surface area contributed by atoms with Gasteiger partial charge in [0.15, 0.2) is 0 Å². The Hall–Kier alpha value is -3.99. The summed E-state index contributed by atoms with van der Waals surface area (Å²) in [7, 11) is 1.81. The van der Waals surface area contributed by atoms with E-state index in [1.54, 1.807) is 12.1 Å². The van der Waals surface area contributed by atoms with Gasteiger partial charge in [0.2, 0.25) is 17.7 Å². The van der Waals surface area contributed by atoms with Gasteiger partial charge in [0.05, 0.1) is 17.3 Å². The second-order valence-corrected chi connectivity index (χ2v) is 11.1. The molecule has 0 saturated carbocycles. The standard InChI is InChI=1S/C30H38FN7O3/c1-34-25-17-21(3-4-22(25)28(32)23-5-7-27(39)35-30(23)41)37-14-12-36(13-15-37)18-19-8-10-38(11-9-19)26-6-2-20(29(33)40)16-24(26)31/h2-4,6,16-17,19,23,32,34H,5,7-15,18H2,1H3,(H2,33,40)(H,35,39,41). The van der Waals surface area contributed by atoms with E-state index in [0.29, 0.717) is 23.6 Å². The summed E-state index contributed by atoms with van der Waals surface area (Å²) in [5, 5.41) is 14.2. The van der Waals surface area contributed by atoms with E-state index in [0.717, 1.165) is 70.0 Å². The van der Waals surface area contributed by atoms with E-state index in [1.165, 1.54) is 6.07 Å². The number of rotatable bonds is 8. The Morgan fingerprint density at radius 3 is 2.39 bits per heavy atom. The summed E-state index contributed by atoms with van der Waals surface area (Å²) in [5.41, 5.74) is 8.76. The summed E-state index contributed by atoms with van der Waals surface area (Å²) in [5.74, 6) is -1.78. The van der Waals surface area contributed by atoms with Gasteiger partial charge in [-0.25, -0.2) is 4.39 Å². The first-order valence-corrected chi connectivity index (χ1v) is 14.3. The van der Waals surface area contributed by atoms with Crippen LogP contribution in [0.1, 0.15) is 41.6 Å². The van der Waals surface area contributed by atoms with Crippen LogP contribution in [0.2, 0.25) is 0 Å². The van der Waals surface area contributed by atoms with Crippen LogP contribution in [0.3, 0.4) is 0 Å². The predicted octanol–water partition coefficient (Wildman–Crippen LogP) is 2.43. The van der Waals surface area contributed by atoms with Crippen molar-refractivity contribution >= 4 is 40.5 Å². The lowest BCUT2D eigenvalue weighted by Gasteiger charge is -2.40. The number of halogens is 1. The van der Waals surface area contributed by atoms with E-state index in [1.807, 2.05) is 25.2 Å². The average molecular weight is 564 g/mol. The van der Waals surface area contributed by atoms with Crippen LogP contribution in [0.25, 0.3) is 0 Å². The highest BCUT2D eigenvalue weighted by Crippen LogP contribution is 2.30. The molecule has 1 unspecified atom stereocenters. The lowest BCUT2D eigenvalue weighted by atomic mass is 9.88. The van der Waals surface area contributed by atoms with Crippen LogP contribution in [0.15, 0.2) is 36.4 Å². The van der Waals surface area contributed by atoms with Crippen molar-refractivity contribution in [2.45, 2.75) is 25.7 Å². The summed E-state index contributed by atoms with van der Waals surface area (Å²) in [4.78, 5) is 42.0. The molecular formula is C30H38FN7O3. The molecule has 0 aromatic heterocycles. The number of piperidine rings is 2. The molecule has 1 atom stereocenters. The molecule has 2 aromatic carbocycles. The fraction of sp³-hybridized carbons (Fsp3) is 0.467. The molecule has 0 radical (unpaired) electrons. The van der Waals surface area contributed by atoms with Crippen LogP contribution in [-0.4, -0.2) is 81.2 Å². The molecule has 3 heterocycles. The zero-order valence-electron chi connectivity index (χ0n) is 23.4. The highest BCUT2D eigenvalue weighted by molar-refractivity contribution is 6.17. The Morgan fingerprint density at radius 1 is 1.02 bits per heavy atom. The molecule has 5 rings (SSSR count). The molecule has 3 aliphatic heterocycles. The molecule has 10 nitrogen and oxygen atoms in total. The van der Waals surface area contributed by atoms with E-state index in [2.05, 4.69) is 25.3 Å². The van der Waals surface area contributed by atoms with E-state index in [9.17, 15) is 18.8 Å². The highest BCUT2D eigenvalue weighted by atomic mass is 19.1. The maximum Gasteiger partial charge on any atom is 0.248 e. The average Bonchev–Trinajstić information content (AvgIpc) is 2.97. The molecule has 41 heavy (non-hydrogen) atoms. The molecule has 3 saturated heterocycles. The van der Waals surface area contributed by atoms with Crippen molar-refractivity contribution in [2.24, 2.45) is 17.6 Å². The number of benzene rings is 2. The Bertz CT molecular complexity index is 1330. The van der Waals surface area contributed by atoms with Gasteiger partial charge >= 0.3 is 0 Å². The van der Waals surface area contributed by atoms with E-state index < -0.39 is 23.5 Å². The van der Waals surface area contributed by atoms with Gasteiger partial charge in [-0.15, -0.1) is 0 Å². The molecule has 0 spiro atoms. The maximum absolute atomic E-state index is 14.6. The van der Waals surface area contributed by atoms with Gasteiger partial charge in [0.25, 0.3) is 0 Å². The number of anilines is 3. The van der Waals surface area contributed by atoms with Crippen molar-refractivity contribution in [3.05, 3.63) is 53.3 Å². The minimum Gasteiger partial charge on any atom is -0.388 e. The lowest BCUT2D eigenvalue weighted by Crippen LogP contribution is -2.49. The monoisotopic (exact) mass is 563 g/mol. The molecular weight excluding hydrogens is 525 g/mol. The molecule has 0 bridgehead atoms. The molecule has 11 heteroatoms. The summed E-state index contributed by atoms with van der Waals surface area (Å²) in [6.07, 6.45) is 2.59. The molecule has 5 N–H and O–H groups in total. The Balaban J connectivity index is 1.12. The first-order valence-electron chi connectivity index (χ1n) is 14.3. The van der Waals surface area contributed by atoms with Crippen LogP contribution in [0, 0.1) is 23.1 Å². The van der Waals surface area contributed by atoms with Gasteiger partial charge in [-0.1, -0.05) is 0 Å².